The average Bonchev–Trinajstić information content (AvgIpc) is 3.04. The van der Waals surface area contributed by atoms with Crippen molar-refractivity contribution >= 4 is 39.5 Å². The van der Waals surface area contributed by atoms with Gasteiger partial charge in [0.05, 0.1) is 0 Å². The smallest absolute Gasteiger partial charge is 0.408 e. The number of hydrogen-bond donors (Lipinski definition) is 3. The van der Waals surface area contributed by atoms with Crippen molar-refractivity contribution in [3.05, 3.63) is 52.4 Å². The number of benzene rings is 1. The lowest BCUT2D eigenvalue weighted by Gasteiger charge is -2.19. The number of hydrogen-bond acceptors (Lipinski definition) is 5. The van der Waals surface area contributed by atoms with Gasteiger partial charge < -0.3 is 25.1 Å². The number of carbonyl (C=O) groups excluding carboxylic acids is 3. The van der Waals surface area contributed by atoms with E-state index in [1.807, 2.05) is 0 Å². The lowest BCUT2D eigenvalue weighted by molar-refractivity contribution is -0.120. The van der Waals surface area contributed by atoms with Gasteiger partial charge in [-0.3, -0.25) is 9.59 Å². The zero-order valence-corrected chi connectivity index (χ0v) is 17.4. The molecule has 2 aromatic rings. The molecule has 0 spiro atoms. The van der Waals surface area contributed by atoms with Gasteiger partial charge in [-0.25, -0.2) is 4.79 Å². The number of rotatable bonds is 6. The molecule has 1 aromatic carbocycles. The Balaban J connectivity index is 1.75. The molecule has 1 aromatic heterocycles. The molecule has 8 nitrogen and oxygen atoms in total. The van der Waals surface area contributed by atoms with Crippen LogP contribution in [0.4, 0.5) is 10.5 Å². The molecule has 0 aliphatic rings. The molecule has 9 heteroatoms. The summed E-state index contributed by atoms with van der Waals surface area (Å²) in [5, 5.41) is 7.79. The van der Waals surface area contributed by atoms with Crippen LogP contribution < -0.4 is 16.0 Å². The van der Waals surface area contributed by atoms with Gasteiger partial charge in [0.2, 0.25) is 5.91 Å². The number of amides is 3. The molecule has 0 unspecified atom stereocenters. The second-order valence-corrected chi connectivity index (χ2v) is 7.67. The highest BCUT2D eigenvalue weighted by Gasteiger charge is 2.16. The minimum Gasteiger partial charge on any atom is -0.444 e. The molecule has 28 heavy (non-hydrogen) atoms. The van der Waals surface area contributed by atoms with Crippen molar-refractivity contribution in [1.29, 1.82) is 0 Å². The first-order valence-electron chi connectivity index (χ1n) is 8.51. The molecule has 0 saturated carbocycles. The van der Waals surface area contributed by atoms with E-state index in [2.05, 4.69) is 31.9 Å². The molecule has 0 fully saturated rings. The Hall–Kier alpha value is -2.81. The minimum atomic E-state index is -0.647. The standard InChI is InChI=1S/C19H22BrN3O5/c1-19(2,3)28-18(26)22-11-16(24)21-10-12-4-6-13(7-5-12)23-17(25)14-8-9-15(20)27-14/h4-9H,10-11H2,1-3H3,(H,21,24)(H,22,26)(H,23,25). The van der Waals surface area contributed by atoms with Gasteiger partial charge in [0.25, 0.3) is 5.91 Å². The Morgan fingerprint density at radius 1 is 1.04 bits per heavy atom. The van der Waals surface area contributed by atoms with Crippen LogP contribution in [0.15, 0.2) is 45.5 Å². The van der Waals surface area contributed by atoms with E-state index in [0.29, 0.717) is 10.4 Å². The maximum atomic E-state index is 12.0. The molecule has 0 bridgehead atoms. The van der Waals surface area contributed by atoms with Crippen LogP contribution in [0.25, 0.3) is 0 Å². The summed E-state index contributed by atoms with van der Waals surface area (Å²) in [6.45, 7) is 5.33. The number of ether oxygens (including phenoxy) is 1. The van der Waals surface area contributed by atoms with Gasteiger partial charge in [-0.15, -0.1) is 0 Å². The highest BCUT2D eigenvalue weighted by Crippen LogP contribution is 2.16. The topological polar surface area (TPSA) is 110 Å². The molecule has 1 heterocycles. The van der Waals surface area contributed by atoms with Gasteiger partial charge >= 0.3 is 6.09 Å². The van der Waals surface area contributed by atoms with E-state index >= 15 is 0 Å². The molecule has 150 valence electrons. The highest BCUT2D eigenvalue weighted by molar-refractivity contribution is 9.10. The molecule has 0 aliphatic carbocycles. The zero-order valence-electron chi connectivity index (χ0n) is 15.8. The van der Waals surface area contributed by atoms with Crippen LogP contribution in [-0.4, -0.2) is 30.1 Å². The monoisotopic (exact) mass is 451 g/mol. The first kappa shape index (κ1) is 21.5. The van der Waals surface area contributed by atoms with Gasteiger partial charge in [0, 0.05) is 12.2 Å². The number of furan rings is 1. The summed E-state index contributed by atoms with van der Waals surface area (Å²) >= 11 is 3.14. The summed E-state index contributed by atoms with van der Waals surface area (Å²) < 4.78 is 10.7. The van der Waals surface area contributed by atoms with Gasteiger partial charge in [0.15, 0.2) is 10.4 Å². The van der Waals surface area contributed by atoms with Crippen molar-refractivity contribution in [2.45, 2.75) is 32.9 Å². The van der Waals surface area contributed by atoms with Crippen molar-refractivity contribution in [2.24, 2.45) is 0 Å². The van der Waals surface area contributed by atoms with E-state index in [-0.39, 0.29) is 30.7 Å². The Morgan fingerprint density at radius 3 is 2.29 bits per heavy atom. The number of anilines is 1. The summed E-state index contributed by atoms with van der Waals surface area (Å²) in [5.74, 6) is -0.507. The Labute approximate surface area is 171 Å². The predicted octanol–water partition coefficient (Wildman–Crippen LogP) is 3.44. The average molecular weight is 452 g/mol. The molecule has 0 aliphatic heterocycles. The Morgan fingerprint density at radius 2 is 1.71 bits per heavy atom. The SMILES string of the molecule is CC(C)(C)OC(=O)NCC(=O)NCc1ccc(NC(=O)c2ccc(Br)o2)cc1. The van der Waals surface area contributed by atoms with Gasteiger partial charge in [-0.2, -0.15) is 0 Å². The van der Waals surface area contributed by atoms with Crippen LogP contribution in [0.2, 0.25) is 0 Å². The minimum absolute atomic E-state index is 0.179. The van der Waals surface area contributed by atoms with Crippen LogP contribution in [-0.2, 0) is 16.1 Å². The molecule has 0 radical (unpaired) electrons. The number of carbonyl (C=O) groups is 3. The van der Waals surface area contributed by atoms with E-state index in [4.69, 9.17) is 9.15 Å². The number of halogens is 1. The van der Waals surface area contributed by atoms with Crippen molar-refractivity contribution in [1.82, 2.24) is 10.6 Å². The summed E-state index contributed by atoms with van der Waals surface area (Å²) in [5.41, 5.74) is 0.814. The van der Waals surface area contributed by atoms with Crippen molar-refractivity contribution in [2.75, 3.05) is 11.9 Å². The molecule has 2 rings (SSSR count). The van der Waals surface area contributed by atoms with Gasteiger partial charge in [0.1, 0.15) is 12.1 Å². The van der Waals surface area contributed by atoms with Crippen molar-refractivity contribution in [3.8, 4) is 0 Å². The van der Waals surface area contributed by atoms with E-state index < -0.39 is 11.7 Å². The summed E-state index contributed by atoms with van der Waals surface area (Å²) in [6.07, 6.45) is -0.647. The quantitative estimate of drug-likeness (QED) is 0.622. The maximum absolute atomic E-state index is 12.0. The van der Waals surface area contributed by atoms with Crippen molar-refractivity contribution in [3.63, 3.8) is 0 Å². The fourth-order valence-electron chi connectivity index (χ4n) is 2.06. The zero-order chi connectivity index (χ0) is 20.7. The van der Waals surface area contributed by atoms with Gasteiger partial charge in [-0.1, -0.05) is 12.1 Å². The predicted molar refractivity (Wildman–Crippen MR) is 107 cm³/mol. The molecule has 3 N–H and O–H groups in total. The molecule has 0 atom stereocenters. The van der Waals surface area contributed by atoms with Crippen LogP contribution >= 0.6 is 15.9 Å². The Bertz CT molecular complexity index is 840. The van der Waals surface area contributed by atoms with Gasteiger partial charge in [-0.05, 0) is 66.5 Å². The fraction of sp³-hybridized carbons (Fsp3) is 0.316. The van der Waals surface area contributed by atoms with E-state index in [1.54, 1.807) is 57.2 Å². The summed E-state index contributed by atoms with van der Waals surface area (Å²) in [6, 6.07) is 10.2. The van der Waals surface area contributed by atoms with Crippen LogP contribution in [0.3, 0.4) is 0 Å². The lowest BCUT2D eigenvalue weighted by atomic mass is 10.2. The third kappa shape index (κ3) is 7.43. The van der Waals surface area contributed by atoms with E-state index in [9.17, 15) is 14.4 Å². The normalized spacial score (nSPS) is 10.9. The molecule has 0 saturated heterocycles. The summed E-state index contributed by atoms with van der Waals surface area (Å²) in [7, 11) is 0. The van der Waals surface area contributed by atoms with Crippen LogP contribution in [0.5, 0.6) is 0 Å². The number of alkyl carbamates (subject to hydrolysis) is 1. The lowest BCUT2D eigenvalue weighted by Crippen LogP contribution is -2.39. The number of nitrogens with one attached hydrogen (secondary N) is 3. The van der Waals surface area contributed by atoms with E-state index in [1.165, 1.54) is 0 Å². The molecule has 3 amide bonds. The molecular formula is C19H22BrN3O5. The largest absolute Gasteiger partial charge is 0.444 e. The summed E-state index contributed by atoms with van der Waals surface area (Å²) in [4.78, 5) is 35.3. The first-order chi connectivity index (χ1) is 13.1. The third-order valence-electron chi connectivity index (χ3n) is 3.29. The molecular weight excluding hydrogens is 430 g/mol. The van der Waals surface area contributed by atoms with Crippen molar-refractivity contribution < 1.29 is 23.5 Å². The first-order valence-corrected chi connectivity index (χ1v) is 9.31. The second kappa shape index (κ2) is 9.41. The maximum Gasteiger partial charge on any atom is 0.408 e. The van der Waals surface area contributed by atoms with Crippen LogP contribution in [0.1, 0.15) is 36.9 Å². The Kier molecular flexibility index (Phi) is 7.22. The van der Waals surface area contributed by atoms with Crippen LogP contribution in [0, 0.1) is 0 Å². The third-order valence-corrected chi connectivity index (χ3v) is 3.72. The fourth-order valence-corrected chi connectivity index (χ4v) is 2.37. The second-order valence-electron chi connectivity index (χ2n) is 6.89. The highest BCUT2D eigenvalue weighted by atomic mass is 79.9. The van der Waals surface area contributed by atoms with E-state index in [0.717, 1.165) is 5.56 Å².